The van der Waals surface area contributed by atoms with Crippen molar-refractivity contribution in [3.05, 3.63) is 76.9 Å². The maximum absolute atomic E-state index is 14.9. The molecule has 2 heterocycles. The molecule has 32 heavy (non-hydrogen) atoms. The molecule has 0 unspecified atom stereocenters. The molecule has 5 nitrogen and oxygen atoms in total. The van der Waals surface area contributed by atoms with E-state index < -0.39 is 11.8 Å². The van der Waals surface area contributed by atoms with Gasteiger partial charge in [0.2, 0.25) is 11.9 Å². The molecular weight excluding hydrogens is 412 g/mol. The summed E-state index contributed by atoms with van der Waals surface area (Å²) in [6.45, 7) is 5.08. The number of ketones is 1. The number of pyridine rings is 2. The number of carbonyl (C=O) groups is 2. The molecule has 0 bridgehead atoms. The molecule has 2 aromatic heterocycles. The van der Waals surface area contributed by atoms with Gasteiger partial charge in [0.05, 0.1) is 5.69 Å². The Morgan fingerprint density at radius 3 is 2.41 bits per heavy atom. The first kappa shape index (κ1) is 23.2. The van der Waals surface area contributed by atoms with Crippen LogP contribution in [0.15, 0.2) is 42.6 Å². The Morgan fingerprint density at radius 1 is 1.03 bits per heavy atom. The number of amides is 1. The van der Waals surface area contributed by atoms with Crippen LogP contribution in [0.1, 0.15) is 47.1 Å². The normalized spacial score (nSPS) is 10.8. The highest BCUT2D eigenvalue weighted by Gasteiger charge is 2.18. The van der Waals surface area contributed by atoms with Crippen molar-refractivity contribution in [1.82, 2.24) is 9.97 Å². The number of benzene rings is 1. The largest absolute Gasteiger partial charge is 0.313 e. The second-order valence-electron chi connectivity index (χ2n) is 7.61. The minimum absolute atomic E-state index is 0.141. The Labute approximate surface area is 186 Å². The van der Waals surface area contributed by atoms with Crippen molar-refractivity contribution in [2.75, 3.05) is 11.9 Å². The Bertz CT molecular complexity index is 1160. The summed E-state index contributed by atoms with van der Waals surface area (Å²) >= 11 is 0. The molecule has 0 saturated carbocycles. The van der Waals surface area contributed by atoms with Crippen molar-refractivity contribution >= 4 is 17.4 Å². The van der Waals surface area contributed by atoms with Crippen LogP contribution in [0.2, 0.25) is 0 Å². The van der Waals surface area contributed by atoms with Crippen molar-refractivity contribution in [3.63, 3.8) is 0 Å². The first-order valence-electron chi connectivity index (χ1n) is 10.4. The smallest absolute Gasteiger partial charge is 0.226 e. The molecule has 0 aliphatic rings. The zero-order valence-electron chi connectivity index (χ0n) is 18.6. The van der Waals surface area contributed by atoms with E-state index in [4.69, 9.17) is 0 Å². The van der Waals surface area contributed by atoms with Gasteiger partial charge in [-0.15, -0.1) is 0 Å². The monoisotopic (exact) mass is 437 g/mol. The maximum Gasteiger partial charge on any atom is 0.226 e. The Hall–Kier alpha value is -3.48. The van der Waals surface area contributed by atoms with E-state index >= 15 is 0 Å². The van der Waals surface area contributed by atoms with E-state index in [-0.39, 0.29) is 30.2 Å². The molecule has 0 atom stereocenters. The van der Waals surface area contributed by atoms with Crippen LogP contribution in [0, 0.1) is 25.6 Å². The van der Waals surface area contributed by atoms with Gasteiger partial charge in [0, 0.05) is 37.3 Å². The lowest BCUT2D eigenvalue weighted by atomic mass is 9.99. The molecule has 0 N–H and O–H groups in total. The second-order valence-corrected chi connectivity index (χ2v) is 7.61. The van der Waals surface area contributed by atoms with Gasteiger partial charge < -0.3 is 4.90 Å². The van der Waals surface area contributed by atoms with Gasteiger partial charge in [0.15, 0.2) is 5.78 Å². The van der Waals surface area contributed by atoms with Gasteiger partial charge in [-0.05, 0) is 55.2 Å². The van der Waals surface area contributed by atoms with Gasteiger partial charge in [0.1, 0.15) is 11.5 Å². The average Bonchev–Trinajstić information content (AvgIpc) is 2.79. The van der Waals surface area contributed by atoms with Crippen LogP contribution < -0.4 is 4.90 Å². The average molecular weight is 437 g/mol. The third-order valence-corrected chi connectivity index (χ3v) is 5.55. The first-order chi connectivity index (χ1) is 15.2. The summed E-state index contributed by atoms with van der Waals surface area (Å²) in [6.07, 6.45) is 2.49. The molecule has 0 radical (unpaired) electrons. The summed E-state index contributed by atoms with van der Waals surface area (Å²) in [7, 11) is 1.55. The summed E-state index contributed by atoms with van der Waals surface area (Å²) in [5, 5.41) is 0. The van der Waals surface area contributed by atoms with E-state index in [1.165, 1.54) is 11.0 Å². The van der Waals surface area contributed by atoms with Gasteiger partial charge in [-0.3, -0.25) is 14.6 Å². The van der Waals surface area contributed by atoms with Crippen molar-refractivity contribution in [1.29, 1.82) is 0 Å². The molecule has 1 aromatic carbocycles. The van der Waals surface area contributed by atoms with E-state index in [2.05, 4.69) is 9.97 Å². The maximum atomic E-state index is 14.9. The number of carbonyl (C=O) groups excluding carboxylic acids is 2. The fourth-order valence-electron chi connectivity index (χ4n) is 3.53. The van der Waals surface area contributed by atoms with Crippen LogP contribution in [-0.2, 0) is 11.2 Å². The summed E-state index contributed by atoms with van der Waals surface area (Å²) in [5.41, 5.74) is 3.63. The predicted molar refractivity (Wildman–Crippen MR) is 120 cm³/mol. The fraction of sp³-hybridized carbons (Fsp3) is 0.280. The highest BCUT2D eigenvalue weighted by molar-refractivity contribution is 5.95. The molecule has 166 valence electrons. The third-order valence-electron chi connectivity index (χ3n) is 5.55. The number of Topliss-reactive ketones (excluding diaryl/α,β-unsaturated/α-hetero) is 1. The standard InChI is InChI=1S/C25H25F2N3O2/c1-5-24(32)30(4)21-11-9-19(15(2)25(21)27)18-6-10-20(28-14-18)22(31)12-7-17-8-13-23(26)29-16(17)3/h6,8-11,13-14H,5,7,12H2,1-4H3. The van der Waals surface area contributed by atoms with E-state index in [9.17, 15) is 18.4 Å². The van der Waals surface area contributed by atoms with Crippen LogP contribution >= 0.6 is 0 Å². The molecule has 0 aliphatic heterocycles. The van der Waals surface area contributed by atoms with Crippen LogP contribution in [0.3, 0.4) is 0 Å². The Morgan fingerprint density at radius 2 is 1.78 bits per heavy atom. The summed E-state index contributed by atoms with van der Waals surface area (Å²) in [5.74, 6) is -1.32. The minimum atomic E-state index is -0.543. The SMILES string of the molecule is CCC(=O)N(C)c1ccc(-c2ccc(C(=O)CCc3ccc(F)nc3C)nc2)c(C)c1F. The molecule has 7 heteroatoms. The van der Waals surface area contributed by atoms with Crippen molar-refractivity contribution in [2.45, 2.75) is 40.0 Å². The number of nitrogens with zero attached hydrogens (tertiary/aromatic N) is 3. The summed E-state index contributed by atoms with van der Waals surface area (Å²) < 4.78 is 28.1. The van der Waals surface area contributed by atoms with E-state index in [1.807, 2.05) is 0 Å². The topological polar surface area (TPSA) is 63.2 Å². The van der Waals surface area contributed by atoms with Gasteiger partial charge in [-0.2, -0.15) is 4.39 Å². The number of aryl methyl sites for hydroxylation is 2. The lowest BCUT2D eigenvalue weighted by molar-refractivity contribution is -0.118. The van der Waals surface area contributed by atoms with Crippen LogP contribution in [0.4, 0.5) is 14.5 Å². The van der Waals surface area contributed by atoms with Gasteiger partial charge in [-0.25, -0.2) is 9.37 Å². The van der Waals surface area contributed by atoms with E-state index in [1.54, 1.807) is 64.3 Å². The number of aromatic nitrogens is 2. The second kappa shape index (κ2) is 9.77. The number of anilines is 1. The minimum Gasteiger partial charge on any atom is -0.313 e. The Kier molecular flexibility index (Phi) is 7.08. The molecule has 0 fully saturated rings. The quantitative estimate of drug-likeness (QED) is 0.375. The van der Waals surface area contributed by atoms with Gasteiger partial charge in [0.25, 0.3) is 0 Å². The van der Waals surface area contributed by atoms with Gasteiger partial charge in [-0.1, -0.05) is 25.1 Å². The fourth-order valence-corrected chi connectivity index (χ4v) is 3.53. The van der Waals surface area contributed by atoms with Crippen molar-refractivity contribution in [3.8, 4) is 11.1 Å². The van der Waals surface area contributed by atoms with Crippen LogP contribution in [0.5, 0.6) is 0 Å². The molecule has 1 amide bonds. The van der Waals surface area contributed by atoms with Crippen LogP contribution in [-0.4, -0.2) is 28.7 Å². The first-order valence-corrected chi connectivity index (χ1v) is 10.4. The highest BCUT2D eigenvalue weighted by atomic mass is 19.1. The lowest BCUT2D eigenvalue weighted by Crippen LogP contribution is -2.26. The van der Waals surface area contributed by atoms with Gasteiger partial charge >= 0.3 is 0 Å². The van der Waals surface area contributed by atoms with E-state index in [0.29, 0.717) is 34.5 Å². The number of halogens is 2. The van der Waals surface area contributed by atoms with Crippen LogP contribution in [0.25, 0.3) is 11.1 Å². The third kappa shape index (κ3) is 4.88. The molecule has 0 aliphatic carbocycles. The molecule has 0 saturated heterocycles. The summed E-state index contributed by atoms with van der Waals surface area (Å²) in [6, 6.07) is 9.58. The lowest BCUT2D eigenvalue weighted by Gasteiger charge is -2.19. The zero-order valence-corrected chi connectivity index (χ0v) is 18.6. The molecule has 3 aromatic rings. The predicted octanol–water partition coefficient (Wildman–Crippen LogP) is 5.23. The molecular formula is C25H25F2N3O2. The number of hydrogen-bond acceptors (Lipinski definition) is 4. The van der Waals surface area contributed by atoms with E-state index in [0.717, 1.165) is 5.56 Å². The van der Waals surface area contributed by atoms with Crippen molar-refractivity contribution in [2.24, 2.45) is 0 Å². The molecule has 0 spiro atoms. The zero-order chi connectivity index (χ0) is 23.4. The van der Waals surface area contributed by atoms with Crippen molar-refractivity contribution < 1.29 is 18.4 Å². The Balaban J connectivity index is 1.75. The molecule has 3 rings (SSSR count). The number of hydrogen-bond donors (Lipinski definition) is 0. The number of rotatable bonds is 7. The summed E-state index contributed by atoms with van der Waals surface area (Å²) in [4.78, 5) is 33.8. The highest BCUT2D eigenvalue weighted by Crippen LogP contribution is 2.31.